The van der Waals surface area contributed by atoms with Gasteiger partial charge in [0.1, 0.15) is 5.82 Å². The summed E-state index contributed by atoms with van der Waals surface area (Å²) in [4.78, 5) is 12.4. The van der Waals surface area contributed by atoms with Gasteiger partial charge in [0, 0.05) is 0 Å². The largest absolute Gasteiger partial charge is 0.349 e. The quantitative estimate of drug-likeness (QED) is 0.627. The predicted molar refractivity (Wildman–Crippen MR) is 109 cm³/mol. The van der Waals surface area contributed by atoms with Crippen LogP contribution < -0.4 is 5.32 Å². The van der Waals surface area contributed by atoms with E-state index in [1.54, 1.807) is 12.1 Å². The van der Waals surface area contributed by atoms with Gasteiger partial charge in [0.2, 0.25) is 11.1 Å². The predicted octanol–water partition coefficient (Wildman–Crippen LogP) is 3.65. The molecule has 1 atom stereocenters. The first kappa shape index (κ1) is 19.6. The zero-order chi connectivity index (χ0) is 20.2. The summed E-state index contributed by atoms with van der Waals surface area (Å²) in [5.74, 6) is -0.301. The highest BCUT2D eigenvalue weighted by atomic mass is 32.2. The highest BCUT2D eigenvalue weighted by Gasteiger charge is 2.16. The van der Waals surface area contributed by atoms with Crippen molar-refractivity contribution in [2.45, 2.75) is 43.8 Å². The molecule has 0 saturated heterocycles. The Morgan fingerprint density at radius 2 is 2.03 bits per heavy atom. The molecule has 0 bridgehead atoms. The van der Waals surface area contributed by atoms with Crippen LogP contribution in [-0.4, -0.2) is 31.9 Å². The first-order chi connectivity index (χ1) is 14.1. The highest BCUT2D eigenvalue weighted by molar-refractivity contribution is 7.99. The van der Waals surface area contributed by atoms with E-state index in [1.807, 2.05) is 6.92 Å². The topological polar surface area (TPSA) is 72.7 Å². The van der Waals surface area contributed by atoms with Crippen LogP contribution in [0.2, 0.25) is 0 Å². The standard InChI is InChI=1S/C21H22FN5OS/c1-14(16-10-9-15-5-2-3-6-17(15)11-16)23-20(28)13-29-21-24-25-26-27(21)19-8-4-7-18(22)12-19/h4,7-12,14H,2-3,5-6,13H2,1H3,(H,23,28)/t14-/m1/s1. The van der Waals surface area contributed by atoms with E-state index in [0.717, 1.165) is 18.4 Å². The van der Waals surface area contributed by atoms with Crippen molar-refractivity contribution in [3.63, 3.8) is 0 Å². The van der Waals surface area contributed by atoms with Gasteiger partial charge >= 0.3 is 0 Å². The molecule has 6 nitrogen and oxygen atoms in total. The molecule has 150 valence electrons. The summed E-state index contributed by atoms with van der Waals surface area (Å²) in [6, 6.07) is 12.4. The lowest BCUT2D eigenvalue weighted by Crippen LogP contribution is -2.28. The molecule has 29 heavy (non-hydrogen) atoms. The van der Waals surface area contributed by atoms with Crippen LogP contribution in [0.25, 0.3) is 5.69 Å². The Labute approximate surface area is 172 Å². The number of hydrogen-bond donors (Lipinski definition) is 1. The van der Waals surface area contributed by atoms with Gasteiger partial charge in [-0.05, 0) is 77.9 Å². The molecule has 0 aliphatic heterocycles. The molecule has 1 heterocycles. The fraction of sp³-hybridized carbons (Fsp3) is 0.333. The number of carbonyl (C=O) groups excluding carboxylic acids is 1. The van der Waals surface area contributed by atoms with Crippen LogP contribution in [0.5, 0.6) is 0 Å². The van der Waals surface area contributed by atoms with Crippen molar-refractivity contribution in [1.82, 2.24) is 25.5 Å². The number of halogens is 1. The van der Waals surface area contributed by atoms with Crippen molar-refractivity contribution in [1.29, 1.82) is 0 Å². The Bertz CT molecular complexity index is 1020. The summed E-state index contributed by atoms with van der Waals surface area (Å²) in [6.07, 6.45) is 4.74. The number of carbonyl (C=O) groups is 1. The van der Waals surface area contributed by atoms with Gasteiger partial charge < -0.3 is 5.32 Å². The molecule has 0 unspecified atom stereocenters. The monoisotopic (exact) mass is 411 g/mol. The highest BCUT2D eigenvalue weighted by Crippen LogP contribution is 2.25. The number of amides is 1. The third-order valence-corrected chi connectivity index (χ3v) is 6.00. The number of benzene rings is 2. The molecule has 0 fully saturated rings. The second-order valence-electron chi connectivity index (χ2n) is 7.17. The van der Waals surface area contributed by atoms with Gasteiger partial charge in [0.15, 0.2) is 0 Å². The fourth-order valence-electron chi connectivity index (χ4n) is 3.56. The van der Waals surface area contributed by atoms with Crippen molar-refractivity contribution in [2.75, 3.05) is 5.75 Å². The molecule has 2 aromatic carbocycles. The molecule has 3 aromatic rings. The van der Waals surface area contributed by atoms with Gasteiger partial charge in [-0.1, -0.05) is 36.0 Å². The van der Waals surface area contributed by atoms with Crippen LogP contribution in [0.15, 0.2) is 47.6 Å². The number of nitrogens with one attached hydrogen (secondary N) is 1. The molecule has 8 heteroatoms. The van der Waals surface area contributed by atoms with Crippen molar-refractivity contribution in [3.8, 4) is 5.69 Å². The molecule has 0 spiro atoms. The second-order valence-corrected chi connectivity index (χ2v) is 8.11. The summed E-state index contributed by atoms with van der Waals surface area (Å²) in [6.45, 7) is 1.99. The van der Waals surface area contributed by atoms with Crippen LogP contribution in [0, 0.1) is 5.82 Å². The Hall–Kier alpha value is -2.74. The maximum atomic E-state index is 13.5. The van der Waals surface area contributed by atoms with Gasteiger partial charge in [-0.15, -0.1) is 5.10 Å². The number of hydrogen-bond acceptors (Lipinski definition) is 5. The van der Waals surface area contributed by atoms with E-state index < -0.39 is 0 Å². The molecule has 1 aliphatic rings. The minimum atomic E-state index is -0.370. The van der Waals surface area contributed by atoms with E-state index in [-0.39, 0.29) is 23.5 Å². The third kappa shape index (κ3) is 4.64. The molecule has 1 N–H and O–H groups in total. The summed E-state index contributed by atoms with van der Waals surface area (Å²) >= 11 is 1.21. The first-order valence-corrected chi connectivity index (χ1v) is 10.7. The Balaban J connectivity index is 1.37. The molecule has 0 radical (unpaired) electrons. The minimum absolute atomic E-state index is 0.0745. The molecule has 0 saturated carbocycles. The van der Waals surface area contributed by atoms with E-state index in [2.05, 4.69) is 39.0 Å². The Kier molecular flexibility index (Phi) is 5.89. The van der Waals surface area contributed by atoms with Crippen molar-refractivity contribution >= 4 is 17.7 Å². The van der Waals surface area contributed by atoms with Crippen molar-refractivity contribution in [2.24, 2.45) is 0 Å². The molecule has 1 aromatic heterocycles. The van der Waals surface area contributed by atoms with E-state index >= 15 is 0 Å². The first-order valence-electron chi connectivity index (χ1n) is 9.68. The van der Waals surface area contributed by atoms with E-state index in [9.17, 15) is 9.18 Å². The Morgan fingerprint density at radius 3 is 2.86 bits per heavy atom. The number of rotatable bonds is 6. The number of nitrogens with zero attached hydrogens (tertiary/aromatic N) is 4. The van der Waals surface area contributed by atoms with Gasteiger partial charge in [0.05, 0.1) is 17.5 Å². The molecular formula is C21H22FN5OS. The van der Waals surface area contributed by atoms with Gasteiger partial charge in [0.25, 0.3) is 0 Å². The van der Waals surface area contributed by atoms with Crippen LogP contribution in [0.3, 0.4) is 0 Å². The number of tetrazole rings is 1. The third-order valence-electron chi connectivity index (χ3n) is 5.08. The SMILES string of the molecule is C[C@@H](NC(=O)CSc1nnnn1-c1cccc(F)c1)c1ccc2c(c1)CCCC2. The maximum absolute atomic E-state index is 13.5. The molecule has 1 amide bonds. The molecule has 1 aliphatic carbocycles. The summed E-state index contributed by atoms with van der Waals surface area (Å²) < 4.78 is 14.9. The van der Waals surface area contributed by atoms with E-state index in [1.165, 1.54) is 52.5 Å². The van der Waals surface area contributed by atoms with E-state index in [0.29, 0.717) is 10.8 Å². The lowest BCUT2D eigenvalue weighted by Gasteiger charge is -2.20. The normalized spacial score (nSPS) is 14.3. The van der Waals surface area contributed by atoms with Gasteiger partial charge in [-0.3, -0.25) is 4.79 Å². The number of aromatic nitrogens is 4. The average molecular weight is 412 g/mol. The summed E-state index contributed by atoms with van der Waals surface area (Å²) in [7, 11) is 0. The van der Waals surface area contributed by atoms with Crippen LogP contribution in [0.4, 0.5) is 4.39 Å². The number of thioether (sulfide) groups is 1. The van der Waals surface area contributed by atoms with Crippen LogP contribution in [-0.2, 0) is 17.6 Å². The zero-order valence-electron chi connectivity index (χ0n) is 16.1. The smallest absolute Gasteiger partial charge is 0.230 e. The summed E-state index contributed by atoms with van der Waals surface area (Å²) in [5.41, 5.74) is 4.46. The van der Waals surface area contributed by atoms with Gasteiger partial charge in [-0.2, -0.15) is 4.68 Å². The van der Waals surface area contributed by atoms with Crippen LogP contribution in [0.1, 0.15) is 42.5 Å². The van der Waals surface area contributed by atoms with E-state index in [4.69, 9.17) is 0 Å². The Morgan fingerprint density at radius 1 is 1.21 bits per heavy atom. The summed E-state index contributed by atoms with van der Waals surface area (Å²) in [5, 5.41) is 15.0. The van der Waals surface area contributed by atoms with Crippen molar-refractivity contribution < 1.29 is 9.18 Å². The van der Waals surface area contributed by atoms with Gasteiger partial charge in [-0.25, -0.2) is 4.39 Å². The minimum Gasteiger partial charge on any atom is -0.349 e. The number of aryl methyl sites for hydroxylation is 2. The second kappa shape index (κ2) is 8.73. The number of fused-ring (bicyclic) bond motifs is 1. The maximum Gasteiger partial charge on any atom is 0.230 e. The lowest BCUT2D eigenvalue weighted by molar-refractivity contribution is -0.119. The van der Waals surface area contributed by atoms with Crippen LogP contribution >= 0.6 is 11.8 Å². The van der Waals surface area contributed by atoms with Crippen molar-refractivity contribution in [3.05, 3.63) is 65.0 Å². The zero-order valence-corrected chi connectivity index (χ0v) is 17.0. The molecular weight excluding hydrogens is 389 g/mol. The lowest BCUT2D eigenvalue weighted by atomic mass is 9.89. The average Bonchev–Trinajstić information content (AvgIpc) is 3.20. The fourth-order valence-corrected chi connectivity index (χ4v) is 4.26. The molecule has 4 rings (SSSR count).